The fourth-order valence-corrected chi connectivity index (χ4v) is 3.68. The molecule has 18 heavy (non-hydrogen) atoms. The zero-order valence-corrected chi connectivity index (χ0v) is 11.3. The largest absolute Gasteiger partial charge is 0.325 e. The van der Waals surface area contributed by atoms with Gasteiger partial charge in [0, 0.05) is 35.0 Å². The van der Waals surface area contributed by atoms with E-state index in [1.165, 1.54) is 15.4 Å². The van der Waals surface area contributed by atoms with Crippen molar-refractivity contribution in [2.75, 3.05) is 0 Å². The highest BCUT2D eigenvalue weighted by Crippen LogP contribution is 2.19. The molecule has 3 heteroatoms. The molecule has 0 aliphatic heterocycles. The van der Waals surface area contributed by atoms with E-state index in [1.807, 2.05) is 12.1 Å². The van der Waals surface area contributed by atoms with Gasteiger partial charge in [-0.25, -0.2) is 0 Å². The first-order valence-corrected chi connectivity index (χ1v) is 7.46. The van der Waals surface area contributed by atoms with Gasteiger partial charge in [-0.1, -0.05) is 59.1 Å². The number of rotatable bonds is 2. The molecule has 0 saturated heterocycles. The molecule has 88 valence electrons. The molecule has 0 atom stereocenters. The summed E-state index contributed by atoms with van der Waals surface area (Å²) in [6, 6.07) is 20.9. The zero-order valence-electron chi connectivity index (χ0n) is 9.69. The quantitative estimate of drug-likeness (QED) is 0.613. The Hall–Kier alpha value is -1.71. The molecule has 0 fully saturated rings. The van der Waals surface area contributed by atoms with Gasteiger partial charge in [-0.3, -0.25) is 0 Å². The van der Waals surface area contributed by atoms with E-state index in [0.29, 0.717) is 0 Å². The van der Waals surface area contributed by atoms with Crippen LogP contribution in [0.2, 0.25) is 0 Å². The second kappa shape index (κ2) is 5.29. The van der Waals surface area contributed by atoms with Crippen molar-refractivity contribution in [3.05, 3.63) is 75.4 Å². The van der Waals surface area contributed by atoms with E-state index in [2.05, 4.69) is 63.9 Å². The normalized spacial score (nSPS) is 10.2. The molecule has 0 N–H and O–H groups in total. The minimum atomic E-state index is 1.20. The first-order chi connectivity index (χ1) is 8.95. The van der Waals surface area contributed by atoms with Crippen LogP contribution in [-0.2, 0) is 0 Å². The summed E-state index contributed by atoms with van der Waals surface area (Å²) in [6.45, 7) is 0. The molecule has 2 aromatic carbocycles. The van der Waals surface area contributed by atoms with Crippen molar-refractivity contribution in [2.45, 2.75) is 0 Å². The Morgan fingerprint density at radius 3 is 1.50 bits per heavy atom. The van der Waals surface area contributed by atoms with Crippen LogP contribution in [0.3, 0.4) is 0 Å². The Kier molecular flexibility index (Phi) is 3.35. The van der Waals surface area contributed by atoms with E-state index in [0.717, 1.165) is 0 Å². The van der Waals surface area contributed by atoms with Crippen LogP contribution in [0.25, 0.3) is 0 Å². The highest BCUT2D eigenvalue weighted by Gasteiger charge is 2.14. The van der Waals surface area contributed by atoms with Gasteiger partial charge in [0.05, 0.1) is 0 Å². The summed E-state index contributed by atoms with van der Waals surface area (Å²) in [6.07, 6.45) is 0. The van der Waals surface area contributed by atoms with Gasteiger partial charge in [-0.15, -0.1) is 4.58 Å². The molecule has 1 aromatic heterocycles. The van der Waals surface area contributed by atoms with E-state index in [4.69, 9.17) is 0 Å². The zero-order chi connectivity index (χ0) is 12.2. The summed E-state index contributed by atoms with van der Waals surface area (Å²) in [7, 11) is 0. The summed E-state index contributed by atoms with van der Waals surface area (Å²) in [4.78, 5) is 0. The fourth-order valence-electron chi connectivity index (χ4n) is 1.82. The summed E-state index contributed by atoms with van der Waals surface area (Å²) in [5.74, 6) is 0. The summed E-state index contributed by atoms with van der Waals surface area (Å²) in [5.41, 5.74) is 2.39. The Morgan fingerprint density at radius 1 is 0.611 bits per heavy atom. The highest BCUT2D eigenvalue weighted by molar-refractivity contribution is 7.24. The molecule has 0 radical (unpaired) electrons. The molecule has 0 aliphatic rings. The molecular weight excluding hydrogens is 258 g/mol. The molecule has 0 unspecified atom stereocenters. The van der Waals surface area contributed by atoms with Crippen LogP contribution < -0.4 is 8.56 Å². The second-order valence-electron chi connectivity index (χ2n) is 3.78. The SMILES string of the molecule is c1ccc([N+](c2ccccc2)=c2sccs2)cc1. The van der Waals surface area contributed by atoms with Gasteiger partial charge in [-0.2, -0.15) is 0 Å². The van der Waals surface area contributed by atoms with Gasteiger partial charge in [0.1, 0.15) is 0 Å². The van der Waals surface area contributed by atoms with E-state index >= 15 is 0 Å². The van der Waals surface area contributed by atoms with Gasteiger partial charge in [-0.05, 0) is 0 Å². The Morgan fingerprint density at radius 2 is 1.06 bits per heavy atom. The molecule has 1 heterocycles. The molecule has 0 spiro atoms. The van der Waals surface area contributed by atoms with Crippen molar-refractivity contribution in [1.29, 1.82) is 0 Å². The molecule has 3 aromatic rings. The molecule has 0 saturated carbocycles. The van der Waals surface area contributed by atoms with Crippen LogP contribution in [0.5, 0.6) is 0 Å². The second-order valence-corrected chi connectivity index (χ2v) is 5.83. The maximum atomic E-state index is 2.29. The lowest BCUT2D eigenvalue weighted by Gasteiger charge is -1.99. The van der Waals surface area contributed by atoms with Crippen molar-refractivity contribution in [3.63, 3.8) is 0 Å². The summed E-state index contributed by atoms with van der Waals surface area (Å²) < 4.78 is 3.56. The lowest BCUT2D eigenvalue weighted by atomic mass is 10.2. The van der Waals surface area contributed by atoms with E-state index in [1.54, 1.807) is 22.7 Å². The molecular formula is C15H12NS2+. The number of nitrogens with zero attached hydrogens (tertiary/aromatic N) is 1. The average molecular weight is 270 g/mol. The molecule has 0 aliphatic carbocycles. The molecule has 0 amide bonds. The smallest absolute Gasteiger partial charge is 0.136 e. The number of hydrogen-bond donors (Lipinski definition) is 0. The third kappa shape index (κ3) is 2.28. The predicted molar refractivity (Wildman–Crippen MR) is 79.7 cm³/mol. The number of benzene rings is 2. The van der Waals surface area contributed by atoms with Crippen LogP contribution in [0.4, 0.5) is 11.4 Å². The molecule has 3 rings (SSSR count). The van der Waals surface area contributed by atoms with Crippen molar-refractivity contribution in [2.24, 2.45) is 0 Å². The van der Waals surface area contributed by atoms with Crippen molar-refractivity contribution in [1.82, 2.24) is 4.58 Å². The predicted octanol–water partition coefficient (Wildman–Crippen LogP) is 4.25. The third-order valence-corrected chi connectivity index (χ3v) is 4.67. The monoisotopic (exact) mass is 270 g/mol. The van der Waals surface area contributed by atoms with Crippen molar-refractivity contribution in [3.8, 4) is 0 Å². The summed E-state index contributed by atoms with van der Waals surface area (Å²) in [5, 5.41) is 4.25. The number of para-hydroxylation sites is 2. The van der Waals surface area contributed by atoms with Gasteiger partial charge < -0.3 is 0 Å². The van der Waals surface area contributed by atoms with Crippen molar-refractivity contribution >= 4 is 34.0 Å². The van der Waals surface area contributed by atoms with Gasteiger partial charge in [0.25, 0.3) is 0 Å². The maximum absolute atomic E-state index is 2.29. The Bertz CT molecular complexity index is 623. The first kappa shape index (κ1) is 11.4. The fraction of sp³-hybridized carbons (Fsp3) is 0. The Labute approximate surface area is 114 Å². The Balaban J connectivity index is 2.29. The van der Waals surface area contributed by atoms with Crippen molar-refractivity contribution < 1.29 is 0 Å². The lowest BCUT2D eigenvalue weighted by molar-refractivity contribution is 1.02. The lowest BCUT2D eigenvalue weighted by Crippen LogP contribution is -2.15. The highest BCUT2D eigenvalue weighted by atomic mass is 32.2. The van der Waals surface area contributed by atoms with Crippen LogP contribution in [-0.4, -0.2) is 0 Å². The standard InChI is InChI=1S/C15H12NS2/c1-3-7-13(8-4-1)16(15-17-11-12-18-15)14-9-5-2-6-10-14/h1-12H/q+1. The maximum Gasteiger partial charge on any atom is 0.325 e. The van der Waals surface area contributed by atoms with E-state index < -0.39 is 0 Å². The van der Waals surface area contributed by atoms with Crippen LogP contribution in [0.1, 0.15) is 0 Å². The average Bonchev–Trinajstić information content (AvgIpc) is 2.95. The van der Waals surface area contributed by atoms with Gasteiger partial charge in [0.2, 0.25) is 11.4 Å². The minimum absolute atomic E-state index is 1.20. The summed E-state index contributed by atoms with van der Waals surface area (Å²) >= 11 is 3.53. The van der Waals surface area contributed by atoms with E-state index in [9.17, 15) is 0 Å². The van der Waals surface area contributed by atoms with E-state index in [-0.39, 0.29) is 0 Å². The first-order valence-electron chi connectivity index (χ1n) is 5.71. The minimum Gasteiger partial charge on any atom is -0.136 e. The van der Waals surface area contributed by atoms with Crippen LogP contribution in [0.15, 0.2) is 71.4 Å². The van der Waals surface area contributed by atoms with Crippen LogP contribution in [0, 0.1) is 0 Å². The molecule has 0 bridgehead atoms. The van der Waals surface area contributed by atoms with Gasteiger partial charge in [0.15, 0.2) is 0 Å². The van der Waals surface area contributed by atoms with Crippen LogP contribution >= 0.6 is 22.7 Å². The van der Waals surface area contributed by atoms with Gasteiger partial charge >= 0.3 is 3.98 Å². The third-order valence-electron chi connectivity index (χ3n) is 2.60. The number of hydrogen-bond acceptors (Lipinski definition) is 2. The topological polar surface area (TPSA) is 3.01 Å². The molecule has 1 nitrogen and oxygen atoms in total.